The summed E-state index contributed by atoms with van der Waals surface area (Å²) >= 11 is 0. The molecule has 26 heavy (non-hydrogen) atoms. The SMILES string of the molecule is Cc1c(-c2ccccc2C(=O)N(C(C)C)C(C)C)c(=O)n(C)c(=O)n1C. The lowest BCUT2D eigenvalue weighted by Gasteiger charge is -2.31. The Bertz CT molecular complexity index is 944. The predicted octanol–water partition coefficient (Wildman–Crippen LogP) is 2.32. The lowest BCUT2D eigenvalue weighted by molar-refractivity contribution is 0.0644. The molecule has 0 aliphatic carbocycles. The van der Waals surface area contributed by atoms with Crippen molar-refractivity contribution < 1.29 is 4.79 Å². The van der Waals surface area contributed by atoms with Crippen LogP contribution in [0, 0.1) is 6.92 Å². The number of amides is 1. The van der Waals surface area contributed by atoms with Gasteiger partial charge in [-0.15, -0.1) is 0 Å². The van der Waals surface area contributed by atoms with Crippen molar-refractivity contribution in [1.29, 1.82) is 0 Å². The minimum Gasteiger partial charge on any atom is -0.334 e. The van der Waals surface area contributed by atoms with Crippen molar-refractivity contribution in [3.05, 3.63) is 56.4 Å². The van der Waals surface area contributed by atoms with Crippen LogP contribution in [-0.2, 0) is 14.1 Å². The van der Waals surface area contributed by atoms with Gasteiger partial charge in [0, 0.05) is 43.0 Å². The molecule has 0 aliphatic heterocycles. The summed E-state index contributed by atoms with van der Waals surface area (Å²) in [7, 11) is 3.08. The van der Waals surface area contributed by atoms with Gasteiger partial charge < -0.3 is 9.47 Å². The summed E-state index contributed by atoms with van der Waals surface area (Å²) in [5, 5.41) is 0. The smallest absolute Gasteiger partial charge is 0.330 e. The zero-order valence-corrected chi connectivity index (χ0v) is 16.5. The van der Waals surface area contributed by atoms with Gasteiger partial charge in [0.1, 0.15) is 0 Å². The lowest BCUT2D eigenvalue weighted by Crippen LogP contribution is -2.42. The van der Waals surface area contributed by atoms with Crippen LogP contribution in [0.15, 0.2) is 33.9 Å². The molecule has 0 aliphatic rings. The van der Waals surface area contributed by atoms with Crippen LogP contribution in [0.2, 0.25) is 0 Å². The third-order valence-electron chi connectivity index (χ3n) is 4.73. The molecular formula is C20H27N3O3. The van der Waals surface area contributed by atoms with Gasteiger partial charge in [-0.25, -0.2) is 4.79 Å². The van der Waals surface area contributed by atoms with Crippen molar-refractivity contribution in [2.75, 3.05) is 0 Å². The Balaban J connectivity index is 2.79. The standard InChI is InChI=1S/C20H27N3O3/c1-12(2)23(13(3)4)18(24)16-11-9-8-10-15(16)17-14(5)21(6)20(26)22(7)19(17)25/h8-13H,1-7H3. The van der Waals surface area contributed by atoms with E-state index in [0.717, 1.165) is 4.57 Å². The second kappa shape index (κ2) is 7.32. The molecule has 6 nitrogen and oxygen atoms in total. The van der Waals surface area contributed by atoms with Crippen LogP contribution in [-0.4, -0.2) is 32.0 Å². The van der Waals surface area contributed by atoms with E-state index >= 15 is 0 Å². The molecule has 0 saturated heterocycles. The van der Waals surface area contributed by atoms with Crippen molar-refractivity contribution in [3.8, 4) is 11.1 Å². The van der Waals surface area contributed by atoms with Crippen molar-refractivity contribution >= 4 is 5.91 Å². The summed E-state index contributed by atoms with van der Waals surface area (Å²) in [6.07, 6.45) is 0. The molecule has 1 heterocycles. The Kier molecular flexibility index (Phi) is 5.54. The fourth-order valence-electron chi connectivity index (χ4n) is 3.35. The monoisotopic (exact) mass is 357 g/mol. The zero-order valence-electron chi connectivity index (χ0n) is 16.5. The van der Waals surface area contributed by atoms with E-state index in [4.69, 9.17) is 0 Å². The Morgan fingerprint density at radius 3 is 2.04 bits per heavy atom. The van der Waals surface area contributed by atoms with E-state index in [0.29, 0.717) is 22.4 Å². The minimum absolute atomic E-state index is 0.0274. The Morgan fingerprint density at radius 2 is 1.50 bits per heavy atom. The summed E-state index contributed by atoms with van der Waals surface area (Å²) in [5.74, 6) is -0.124. The molecule has 0 fully saturated rings. The van der Waals surface area contributed by atoms with Gasteiger partial charge in [0.25, 0.3) is 11.5 Å². The molecule has 2 rings (SSSR count). The van der Waals surface area contributed by atoms with Crippen LogP contribution < -0.4 is 11.2 Å². The highest BCUT2D eigenvalue weighted by Crippen LogP contribution is 2.25. The first-order chi connectivity index (χ1) is 12.1. The van der Waals surface area contributed by atoms with Gasteiger partial charge >= 0.3 is 5.69 Å². The first-order valence-corrected chi connectivity index (χ1v) is 8.78. The third kappa shape index (κ3) is 3.23. The van der Waals surface area contributed by atoms with E-state index in [9.17, 15) is 14.4 Å². The molecule has 1 amide bonds. The predicted molar refractivity (Wildman–Crippen MR) is 104 cm³/mol. The van der Waals surface area contributed by atoms with Crippen molar-refractivity contribution in [2.45, 2.75) is 46.7 Å². The molecular weight excluding hydrogens is 330 g/mol. The summed E-state index contributed by atoms with van der Waals surface area (Å²) in [6, 6.07) is 7.14. The van der Waals surface area contributed by atoms with Gasteiger partial charge in [-0.2, -0.15) is 0 Å². The third-order valence-corrected chi connectivity index (χ3v) is 4.73. The highest BCUT2D eigenvalue weighted by Gasteiger charge is 2.26. The molecule has 0 unspecified atom stereocenters. The number of nitrogens with zero attached hydrogens (tertiary/aromatic N) is 3. The van der Waals surface area contributed by atoms with Crippen LogP contribution in [0.1, 0.15) is 43.7 Å². The van der Waals surface area contributed by atoms with Crippen molar-refractivity contribution in [2.24, 2.45) is 14.1 Å². The maximum Gasteiger partial charge on any atom is 0.330 e. The lowest BCUT2D eigenvalue weighted by atomic mass is 9.97. The van der Waals surface area contributed by atoms with Crippen molar-refractivity contribution in [1.82, 2.24) is 14.0 Å². The maximum atomic E-state index is 13.2. The molecule has 140 valence electrons. The minimum atomic E-state index is -0.397. The molecule has 0 N–H and O–H groups in total. The fourth-order valence-corrected chi connectivity index (χ4v) is 3.35. The van der Waals surface area contributed by atoms with Crippen LogP contribution >= 0.6 is 0 Å². The van der Waals surface area contributed by atoms with E-state index < -0.39 is 5.56 Å². The summed E-state index contributed by atoms with van der Waals surface area (Å²) < 4.78 is 2.51. The second-order valence-electron chi connectivity index (χ2n) is 7.11. The number of carbonyl (C=O) groups is 1. The fraction of sp³-hybridized carbons (Fsp3) is 0.450. The summed E-state index contributed by atoms with van der Waals surface area (Å²) in [5.41, 5.74) is 1.16. The molecule has 2 aromatic rings. The quantitative estimate of drug-likeness (QED) is 0.843. The molecule has 6 heteroatoms. The molecule has 0 bridgehead atoms. The van der Waals surface area contributed by atoms with Crippen LogP contribution in [0.3, 0.4) is 0 Å². The number of aromatic nitrogens is 2. The van der Waals surface area contributed by atoms with Gasteiger partial charge in [0.2, 0.25) is 0 Å². The number of rotatable bonds is 4. The van der Waals surface area contributed by atoms with Gasteiger partial charge in [-0.1, -0.05) is 18.2 Å². The molecule has 0 spiro atoms. The summed E-state index contributed by atoms with van der Waals surface area (Å²) in [4.78, 5) is 40.0. The number of hydrogen-bond donors (Lipinski definition) is 0. The number of hydrogen-bond acceptors (Lipinski definition) is 3. The second-order valence-corrected chi connectivity index (χ2v) is 7.11. The normalized spacial score (nSPS) is 11.3. The van der Waals surface area contributed by atoms with Gasteiger partial charge in [0.05, 0.1) is 5.56 Å². The highest BCUT2D eigenvalue weighted by molar-refractivity contribution is 6.01. The number of carbonyl (C=O) groups excluding carboxylic acids is 1. The first kappa shape index (κ1) is 19.7. The highest BCUT2D eigenvalue weighted by atomic mass is 16.2. The molecule has 0 saturated carbocycles. The van der Waals surface area contributed by atoms with Crippen molar-refractivity contribution in [3.63, 3.8) is 0 Å². The molecule has 1 aromatic carbocycles. The van der Waals surface area contributed by atoms with E-state index in [2.05, 4.69) is 0 Å². The van der Waals surface area contributed by atoms with Crippen LogP contribution in [0.4, 0.5) is 0 Å². The first-order valence-electron chi connectivity index (χ1n) is 8.78. The van der Waals surface area contributed by atoms with Gasteiger partial charge in [0.15, 0.2) is 0 Å². The zero-order chi connectivity index (χ0) is 19.8. The largest absolute Gasteiger partial charge is 0.334 e. The van der Waals surface area contributed by atoms with E-state index in [1.807, 2.05) is 27.7 Å². The Labute approximate surface area is 153 Å². The average molecular weight is 357 g/mol. The Morgan fingerprint density at radius 1 is 0.962 bits per heavy atom. The molecule has 0 atom stereocenters. The maximum absolute atomic E-state index is 13.2. The average Bonchev–Trinajstić information content (AvgIpc) is 2.58. The van der Waals surface area contributed by atoms with Gasteiger partial charge in [-0.3, -0.25) is 14.2 Å². The summed E-state index contributed by atoms with van der Waals surface area (Å²) in [6.45, 7) is 9.60. The molecule has 1 aromatic heterocycles. The van der Waals surface area contributed by atoms with E-state index in [-0.39, 0.29) is 23.7 Å². The van der Waals surface area contributed by atoms with Gasteiger partial charge in [-0.05, 0) is 40.7 Å². The van der Waals surface area contributed by atoms with E-state index in [1.54, 1.807) is 43.1 Å². The topological polar surface area (TPSA) is 64.3 Å². The van der Waals surface area contributed by atoms with Crippen LogP contribution in [0.5, 0.6) is 0 Å². The number of benzene rings is 1. The Hall–Kier alpha value is -2.63. The molecule has 0 radical (unpaired) electrons. The van der Waals surface area contributed by atoms with E-state index in [1.165, 1.54) is 11.6 Å². The van der Waals surface area contributed by atoms with Crippen LogP contribution in [0.25, 0.3) is 11.1 Å².